The quantitative estimate of drug-likeness (QED) is 0.759. The van der Waals surface area contributed by atoms with Gasteiger partial charge < -0.3 is 9.73 Å². The Morgan fingerprint density at radius 2 is 2.24 bits per heavy atom. The van der Waals surface area contributed by atoms with Gasteiger partial charge in [0.2, 0.25) is 10.0 Å². The topological polar surface area (TPSA) is 71.3 Å². The molecule has 0 spiro atoms. The van der Waals surface area contributed by atoms with Crippen molar-refractivity contribution < 1.29 is 12.8 Å². The summed E-state index contributed by atoms with van der Waals surface area (Å²) in [5.74, 6) is 0.755. The molecule has 0 aliphatic heterocycles. The van der Waals surface area contributed by atoms with Crippen LogP contribution in [0.2, 0.25) is 0 Å². The molecule has 0 aliphatic carbocycles. The van der Waals surface area contributed by atoms with Crippen LogP contribution >= 0.6 is 27.3 Å². The molecule has 0 saturated heterocycles. The van der Waals surface area contributed by atoms with E-state index in [0.29, 0.717) is 16.8 Å². The maximum absolute atomic E-state index is 12.4. The third kappa shape index (κ3) is 4.40. The number of furan rings is 1. The first-order chi connectivity index (χ1) is 9.92. The first kappa shape index (κ1) is 16.7. The molecule has 2 rings (SSSR count). The SMILES string of the molecule is CNCc1cc(S(=O)(=O)NC(C)Cc2ccco2)c(Br)s1. The van der Waals surface area contributed by atoms with Crippen molar-refractivity contribution in [2.45, 2.75) is 30.8 Å². The van der Waals surface area contributed by atoms with Crippen LogP contribution in [0, 0.1) is 0 Å². The average Bonchev–Trinajstić information content (AvgIpc) is 2.99. The van der Waals surface area contributed by atoms with Gasteiger partial charge in [0.1, 0.15) is 10.7 Å². The maximum Gasteiger partial charge on any atom is 0.242 e. The minimum Gasteiger partial charge on any atom is -0.469 e. The van der Waals surface area contributed by atoms with E-state index < -0.39 is 10.0 Å². The highest BCUT2D eigenvalue weighted by atomic mass is 79.9. The molecule has 0 amide bonds. The van der Waals surface area contributed by atoms with E-state index in [2.05, 4.69) is 26.0 Å². The van der Waals surface area contributed by atoms with E-state index in [9.17, 15) is 8.42 Å². The number of hydrogen-bond donors (Lipinski definition) is 2. The molecule has 8 heteroatoms. The van der Waals surface area contributed by atoms with Crippen LogP contribution in [-0.2, 0) is 23.0 Å². The Morgan fingerprint density at radius 1 is 1.48 bits per heavy atom. The van der Waals surface area contributed by atoms with E-state index in [-0.39, 0.29) is 10.9 Å². The summed E-state index contributed by atoms with van der Waals surface area (Å²) in [6.07, 6.45) is 2.09. The van der Waals surface area contributed by atoms with Gasteiger partial charge in [-0.05, 0) is 48.1 Å². The number of halogens is 1. The van der Waals surface area contributed by atoms with Crippen molar-refractivity contribution in [2.75, 3.05) is 7.05 Å². The van der Waals surface area contributed by atoms with Crippen molar-refractivity contribution >= 4 is 37.3 Å². The van der Waals surface area contributed by atoms with Crippen LogP contribution in [0.4, 0.5) is 0 Å². The van der Waals surface area contributed by atoms with Gasteiger partial charge in [-0.1, -0.05) is 0 Å². The summed E-state index contributed by atoms with van der Waals surface area (Å²) in [7, 11) is -1.72. The summed E-state index contributed by atoms with van der Waals surface area (Å²) in [5, 5.41) is 3.01. The van der Waals surface area contributed by atoms with Crippen LogP contribution in [0.5, 0.6) is 0 Å². The van der Waals surface area contributed by atoms with Crippen LogP contribution in [-0.4, -0.2) is 21.5 Å². The van der Waals surface area contributed by atoms with Crippen molar-refractivity contribution in [3.63, 3.8) is 0 Å². The summed E-state index contributed by atoms with van der Waals surface area (Å²) >= 11 is 4.74. The molecule has 2 aromatic heterocycles. The Hall–Kier alpha value is -0.670. The average molecular weight is 393 g/mol. The first-order valence-corrected chi connectivity index (χ1v) is 9.49. The van der Waals surface area contributed by atoms with Crippen molar-refractivity contribution in [3.05, 3.63) is 38.9 Å². The van der Waals surface area contributed by atoms with Gasteiger partial charge in [0.25, 0.3) is 0 Å². The normalized spacial score (nSPS) is 13.5. The van der Waals surface area contributed by atoms with Crippen LogP contribution in [0.3, 0.4) is 0 Å². The van der Waals surface area contributed by atoms with Crippen molar-refractivity contribution in [3.8, 4) is 0 Å². The molecule has 2 aromatic rings. The second kappa shape index (κ2) is 7.06. The fourth-order valence-corrected chi connectivity index (χ4v) is 5.88. The number of thiophene rings is 1. The van der Waals surface area contributed by atoms with Gasteiger partial charge in [0.05, 0.1) is 10.0 Å². The summed E-state index contributed by atoms with van der Waals surface area (Å²) in [6.45, 7) is 2.45. The Morgan fingerprint density at radius 3 is 2.86 bits per heavy atom. The molecule has 0 fully saturated rings. The molecular formula is C13H17BrN2O3S2. The van der Waals surface area contributed by atoms with Crippen LogP contribution in [0.1, 0.15) is 17.6 Å². The highest BCUT2D eigenvalue weighted by molar-refractivity contribution is 9.11. The molecule has 5 nitrogen and oxygen atoms in total. The van der Waals surface area contributed by atoms with E-state index >= 15 is 0 Å². The number of rotatable bonds is 7. The minimum atomic E-state index is -3.55. The Labute approximate surface area is 136 Å². The third-order valence-corrected chi connectivity index (χ3v) is 6.63. The summed E-state index contributed by atoms with van der Waals surface area (Å²) < 4.78 is 33.4. The molecule has 116 valence electrons. The first-order valence-electron chi connectivity index (χ1n) is 6.40. The van der Waals surface area contributed by atoms with Gasteiger partial charge in [-0.3, -0.25) is 0 Å². The van der Waals surface area contributed by atoms with E-state index in [0.717, 1.165) is 10.6 Å². The molecule has 2 heterocycles. The number of sulfonamides is 1. The molecule has 0 bridgehead atoms. The summed E-state index contributed by atoms with van der Waals surface area (Å²) in [5.41, 5.74) is 0. The minimum absolute atomic E-state index is 0.249. The molecule has 0 saturated carbocycles. The lowest BCUT2D eigenvalue weighted by Crippen LogP contribution is -2.34. The molecule has 1 atom stereocenters. The second-order valence-electron chi connectivity index (χ2n) is 4.69. The van der Waals surface area contributed by atoms with Crippen molar-refractivity contribution in [1.29, 1.82) is 0 Å². The lowest BCUT2D eigenvalue weighted by atomic mass is 10.2. The number of hydrogen-bond acceptors (Lipinski definition) is 5. The van der Waals surface area contributed by atoms with E-state index in [1.54, 1.807) is 18.4 Å². The van der Waals surface area contributed by atoms with Crippen molar-refractivity contribution in [1.82, 2.24) is 10.0 Å². The summed E-state index contributed by atoms with van der Waals surface area (Å²) in [4.78, 5) is 1.24. The zero-order valence-corrected chi connectivity index (χ0v) is 14.9. The Bertz CT molecular complexity index is 680. The van der Waals surface area contributed by atoms with Crippen LogP contribution in [0.15, 0.2) is 37.6 Å². The molecule has 21 heavy (non-hydrogen) atoms. The van der Waals surface area contributed by atoms with E-state index in [4.69, 9.17) is 4.42 Å². The molecule has 2 N–H and O–H groups in total. The van der Waals surface area contributed by atoms with Crippen LogP contribution in [0.25, 0.3) is 0 Å². The van der Waals surface area contributed by atoms with Gasteiger partial charge in [-0.15, -0.1) is 11.3 Å². The van der Waals surface area contributed by atoms with Gasteiger partial charge in [0, 0.05) is 23.9 Å². The van der Waals surface area contributed by atoms with Gasteiger partial charge in [0.15, 0.2) is 0 Å². The van der Waals surface area contributed by atoms with Crippen LogP contribution < -0.4 is 10.0 Å². The van der Waals surface area contributed by atoms with Gasteiger partial charge in [-0.2, -0.15) is 0 Å². The zero-order valence-electron chi connectivity index (χ0n) is 11.7. The lowest BCUT2D eigenvalue weighted by Gasteiger charge is -2.12. The molecule has 0 radical (unpaired) electrons. The van der Waals surface area contributed by atoms with Gasteiger partial charge >= 0.3 is 0 Å². The third-order valence-electron chi connectivity index (χ3n) is 2.79. The number of nitrogens with one attached hydrogen (secondary N) is 2. The predicted molar refractivity (Wildman–Crippen MR) is 87.0 cm³/mol. The zero-order chi connectivity index (χ0) is 15.5. The summed E-state index contributed by atoms with van der Waals surface area (Å²) in [6, 6.07) is 5.06. The van der Waals surface area contributed by atoms with E-state index in [1.165, 1.54) is 11.3 Å². The largest absolute Gasteiger partial charge is 0.469 e. The molecular weight excluding hydrogens is 376 g/mol. The maximum atomic E-state index is 12.4. The smallest absolute Gasteiger partial charge is 0.242 e. The van der Waals surface area contributed by atoms with E-state index in [1.807, 2.05) is 20.0 Å². The Kier molecular flexibility index (Phi) is 5.61. The molecule has 0 aliphatic rings. The monoisotopic (exact) mass is 392 g/mol. The van der Waals surface area contributed by atoms with Gasteiger partial charge in [-0.25, -0.2) is 13.1 Å². The molecule has 1 unspecified atom stereocenters. The second-order valence-corrected chi connectivity index (χ2v) is 8.82. The predicted octanol–water partition coefficient (Wildman–Crippen LogP) is 2.73. The standard InChI is InChI=1S/C13H17BrN2O3S2/c1-9(6-10-4-3-5-19-10)16-21(17,18)12-7-11(8-15-2)20-13(12)14/h3-5,7,9,15-16H,6,8H2,1-2H3. The van der Waals surface area contributed by atoms with Crippen molar-refractivity contribution in [2.24, 2.45) is 0 Å². The molecule has 0 aromatic carbocycles. The highest BCUT2D eigenvalue weighted by Gasteiger charge is 2.23. The Balaban J connectivity index is 2.10. The fraction of sp³-hybridized carbons (Fsp3) is 0.385. The lowest BCUT2D eigenvalue weighted by molar-refractivity contribution is 0.479. The fourth-order valence-electron chi connectivity index (χ4n) is 1.94. The highest BCUT2D eigenvalue weighted by Crippen LogP contribution is 2.31.